The van der Waals surface area contributed by atoms with Gasteiger partial charge >= 0.3 is 0 Å². The van der Waals surface area contributed by atoms with Gasteiger partial charge in [-0.2, -0.15) is 0 Å². The second-order valence-corrected chi connectivity index (χ2v) is 5.94. The van der Waals surface area contributed by atoms with Crippen LogP contribution in [-0.4, -0.2) is 37.4 Å². The maximum Gasteiger partial charge on any atom is 0.251 e. The van der Waals surface area contributed by atoms with Crippen molar-refractivity contribution in [2.24, 2.45) is 0 Å². The number of rotatable bonds is 9. The van der Waals surface area contributed by atoms with E-state index in [1.54, 1.807) is 42.5 Å². The van der Waals surface area contributed by atoms with Gasteiger partial charge in [-0.15, -0.1) is 0 Å². The maximum atomic E-state index is 11.9. The van der Waals surface area contributed by atoms with Crippen LogP contribution in [0.3, 0.4) is 0 Å². The zero-order valence-corrected chi connectivity index (χ0v) is 15.3. The van der Waals surface area contributed by atoms with Crippen LogP contribution in [0.15, 0.2) is 53.2 Å². The smallest absolute Gasteiger partial charge is 0.251 e. The molecule has 1 aromatic carbocycles. The highest BCUT2D eigenvalue weighted by Crippen LogP contribution is 2.09. The first-order chi connectivity index (χ1) is 13.0. The molecule has 0 radical (unpaired) electrons. The summed E-state index contributed by atoms with van der Waals surface area (Å²) in [5.74, 6) is -0.194. The Balaban J connectivity index is 1.55. The van der Waals surface area contributed by atoms with Crippen molar-refractivity contribution in [3.8, 4) is 0 Å². The van der Waals surface area contributed by atoms with E-state index >= 15 is 0 Å². The van der Waals surface area contributed by atoms with E-state index in [2.05, 4.69) is 16.0 Å². The molecule has 0 saturated carbocycles. The normalized spacial score (nSPS) is 10.6. The molecule has 0 aliphatic carbocycles. The van der Waals surface area contributed by atoms with Crippen LogP contribution in [0.4, 0.5) is 0 Å². The second-order valence-electron chi connectivity index (χ2n) is 5.50. The molecule has 0 spiro atoms. The van der Waals surface area contributed by atoms with Crippen molar-refractivity contribution >= 4 is 35.4 Å². The van der Waals surface area contributed by atoms with Crippen molar-refractivity contribution in [3.63, 3.8) is 0 Å². The van der Waals surface area contributed by atoms with Gasteiger partial charge in [0.15, 0.2) is 0 Å². The fraction of sp³-hybridized carbons (Fsp3) is 0.211. The summed E-state index contributed by atoms with van der Waals surface area (Å²) in [5.41, 5.74) is 0.496. The molecule has 0 unspecified atom stereocenters. The number of furan rings is 1. The summed E-state index contributed by atoms with van der Waals surface area (Å²) in [6, 6.07) is 9.97. The lowest BCUT2D eigenvalue weighted by molar-refractivity contribution is -0.121. The van der Waals surface area contributed by atoms with Crippen molar-refractivity contribution in [2.75, 3.05) is 19.6 Å². The number of carbonyl (C=O) groups is 3. The van der Waals surface area contributed by atoms with Crippen molar-refractivity contribution < 1.29 is 18.8 Å². The van der Waals surface area contributed by atoms with E-state index in [4.69, 9.17) is 16.0 Å². The quantitative estimate of drug-likeness (QED) is 0.451. The van der Waals surface area contributed by atoms with Crippen LogP contribution in [0.2, 0.25) is 5.02 Å². The summed E-state index contributed by atoms with van der Waals surface area (Å²) in [4.78, 5) is 35.1. The first-order valence-electron chi connectivity index (χ1n) is 8.34. The molecule has 2 aromatic rings. The molecule has 1 aromatic heterocycles. The molecule has 0 atom stereocenters. The fourth-order valence-corrected chi connectivity index (χ4v) is 2.20. The maximum absolute atomic E-state index is 11.9. The third-order valence-electron chi connectivity index (χ3n) is 3.43. The Labute approximate surface area is 161 Å². The number of amides is 3. The first kappa shape index (κ1) is 20.3. The highest BCUT2D eigenvalue weighted by molar-refractivity contribution is 6.30. The molecular formula is C19H20ClN3O4. The zero-order valence-electron chi connectivity index (χ0n) is 14.5. The molecule has 2 rings (SSSR count). The van der Waals surface area contributed by atoms with Crippen LogP contribution in [0.5, 0.6) is 0 Å². The fourth-order valence-electron chi connectivity index (χ4n) is 2.07. The Morgan fingerprint density at radius 1 is 0.963 bits per heavy atom. The number of hydrogen-bond donors (Lipinski definition) is 3. The molecule has 0 fully saturated rings. The third-order valence-corrected chi connectivity index (χ3v) is 3.68. The van der Waals surface area contributed by atoms with Gasteiger partial charge in [0.25, 0.3) is 5.91 Å². The van der Waals surface area contributed by atoms with Crippen molar-refractivity contribution in [1.82, 2.24) is 16.0 Å². The van der Waals surface area contributed by atoms with Crippen molar-refractivity contribution in [1.29, 1.82) is 0 Å². The van der Waals surface area contributed by atoms with E-state index in [1.165, 1.54) is 12.3 Å². The molecule has 142 valence electrons. The molecular weight excluding hydrogens is 370 g/mol. The predicted molar refractivity (Wildman–Crippen MR) is 102 cm³/mol. The first-order valence-corrected chi connectivity index (χ1v) is 8.72. The van der Waals surface area contributed by atoms with E-state index in [9.17, 15) is 14.4 Å². The molecule has 0 aliphatic rings. The Kier molecular flexibility index (Phi) is 8.12. The summed E-state index contributed by atoms with van der Waals surface area (Å²) in [5, 5.41) is 8.52. The van der Waals surface area contributed by atoms with Gasteiger partial charge in [-0.25, -0.2) is 0 Å². The van der Waals surface area contributed by atoms with Crippen LogP contribution in [0.25, 0.3) is 6.08 Å². The lowest BCUT2D eigenvalue weighted by atomic mass is 10.2. The van der Waals surface area contributed by atoms with E-state index in [0.29, 0.717) is 29.4 Å². The number of nitrogens with one attached hydrogen (secondary N) is 3. The monoisotopic (exact) mass is 389 g/mol. The van der Waals surface area contributed by atoms with Gasteiger partial charge < -0.3 is 20.4 Å². The zero-order chi connectivity index (χ0) is 19.5. The molecule has 0 saturated heterocycles. The summed E-state index contributed by atoms with van der Waals surface area (Å²) in [6.07, 6.45) is 4.53. The lowest BCUT2D eigenvalue weighted by Gasteiger charge is -2.07. The van der Waals surface area contributed by atoms with E-state index < -0.39 is 0 Å². The summed E-state index contributed by atoms with van der Waals surface area (Å²) >= 11 is 5.77. The average molecular weight is 390 g/mol. The van der Waals surface area contributed by atoms with Crippen LogP contribution in [-0.2, 0) is 9.59 Å². The standard InChI is InChI=1S/C19H20ClN3O4/c20-15-5-3-14(4-6-15)19(26)23-12-11-22-18(25)9-10-21-17(24)8-7-16-2-1-13-27-16/h1-8,13H,9-12H2,(H,21,24)(H,22,25)(H,23,26)/b8-7+. The van der Waals surface area contributed by atoms with Crippen LogP contribution in [0.1, 0.15) is 22.5 Å². The minimum absolute atomic E-state index is 0.144. The predicted octanol–water partition coefficient (Wildman–Crippen LogP) is 2.00. The molecule has 1 heterocycles. The topological polar surface area (TPSA) is 100 Å². The summed E-state index contributed by atoms with van der Waals surface area (Å²) in [6.45, 7) is 0.806. The highest BCUT2D eigenvalue weighted by atomic mass is 35.5. The Morgan fingerprint density at radius 3 is 2.41 bits per heavy atom. The Hall–Kier alpha value is -3.06. The van der Waals surface area contributed by atoms with Gasteiger partial charge in [0.1, 0.15) is 5.76 Å². The SMILES string of the molecule is O=C(/C=C/c1ccco1)NCCC(=O)NCCNC(=O)c1ccc(Cl)cc1. The van der Waals surface area contributed by atoms with E-state index in [-0.39, 0.29) is 30.7 Å². The van der Waals surface area contributed by atoms with Crippen LogP contribution >= 0.6 is 11.6 Å². The van der Waals surface area contributed by atoms with Gasteiger partial charge in [0.2, 0.25) is 11.8 Å². The van der Waals surface area contributed by atoms with Gasteiger partial charge in [0.05, 0.1) is 6.26 Å². The largest absolute Gasteiger partial charge is 0.465 e. The Bertz CT molecular complexity index is 786. The molecule has 3 N–H and O–H groups in total. The van der Waals surface area contributed by atoms with Crippen molar-refractivity contribution in [3.05, 3.63) is 65.1 Å². The molecule has 8 heteroatoms. The van der Waals surface area contributed by atoms with Gasteiger partial charge in [-0.05, 0) is 42.5 Å². The lowest BCUT2D eigenvalue weighted by Crippen LogP contribution is -2.36. The Morgan fingerprint density at radius 2 is 1.70 bits per heavy atom. The van der Waals surface area contributed by atoms with Gasteiger partial charge in [0, 0.05) is 42.7 Å². The van der Waals surface area contributed by atoms with Crippen LogP contribution in [0, 0.1) is 0 Å². The van der Waals surface area contributed by atoms with Crippen LogP contribution < -0.4 is 16.0 Å². The number of carbonyl (C=O) groups excluding carboxylic acids is 3. The van der Waals surface area contributed by atoms with Gasteiger partial charge in [-0.3, -0.25) is 14.4 Å². The van der Waals surface area contributed by atoms with E-state index in [1.807, 2.05) is 0 Å². The number of benzene rings is 1. The summed E-state index contributed by atoms with van der Waals surface area (Å²) in [7, 11) is 0. The van der Waals surface area contributed by atoms with E-state index in [0.717, 1.165) is 0 Å². The summed E-state index contributed by atoms with van der Waals surface area (Å²) < 4.78 is 5.07. The van der Waals surface area contributed by atoms with Gasteiger partial charge in [-0.1, -0.05) is 11.6 Å². The molecule has 0 aliphatic heterocycles. The number of hydrogen-bond acceptors (Lipinski definition) is 4. The molecule has 27 heavy (non-hydrogen) atoms. The highest BCUT2D eigenvalue weighted by Gasteiger charge is 2.05. The average Bonchev–Trinajstić information content (AvgIpc) is 3.17. The molecule has 7 nitrogen and oxygen atoms in total. The molecule has 3 amide bonds. The molecule has 0 bridgehead atoms. The second kappa shape index (κ2) is 10.8. The minimum atomic E-state index is -0.311. The number of halogens is 1. The van der Waals surface area contributed by atoms with Crippen molar-refractivity contribution in [2.45, 2.75) is 6.42 Å². The third kappa shape index (κ3) is 7.79. The minimum Gasteiger partial charge on any atom is -0.465 e.